The average Bonchev–Trinajstić information content (AvgIpc) is 3.23. The van der Waals surface area contributed by atoms with E-state index in [0.29, 0.717) is 30.2 Å². The van der Waals surface area contributed by atoms with E-state index >= 15 is 0 Å². The molecule has 1 aromatic heterocycles. The topological polar surface area (TPSA) is 67.2 Å². The largest absolute Gasteiger partial charge is 0.333 e. The van der Waals surface area contributed by atoms with Crippen molar-refractivity contribution in [3.8, 4) is 16.9 Å². The number of amides is 2. The van der Waals surface area contributed by atoms with Gasteiger partial charge in [-0.15, -0.1) is 0 Å². The van der Waals surface area contributed by atoms with Gasteiger partial charge in [0.25, 0.3) is 0 Å². The van der Waals surface area contributed by atoms with E-state index in [2.05, 4.69) is 17.3 Å². The number of anilines is 1. The first-order chi connectivity index (χ1) is 16.0. The van der Waals surface area contributed by atoms with Crippen LogP contribution < -0.4 is 5.32 Å². The molecule has 0 aliphatic carbocycles. The van der Waals surface area contributed by atoms with E-state index in [1.807, 2.05) is 37.3 Å². The molecule has 0 bridgehead atoms. The summed E-state index contributed by atoms with van der Waals surface area (Å²) in [6, 6.07) is 17.3. The SMILES string of the molecule is CCCCCC(=O)N(CCC)CC(=O)Nc1cc(-c2ccccc2)nn1-c1ccc(F)cc1. The van der Waals surface area contributed by atoms with Crippen LogP contribution >= 0.6 is 0 Å². The number of aromatic nitrogens is 2. The fourth-order valence-corrected chi connectivity index (χ4v) is 3.60. The third-order valence-corrected chi connectivity index (χ3v) is 5.29. The average molecular weight is 451 g/mol. The zero-order chi connectivity index (χ0) is 23.6. The molecule has 7 heteroatoms. The summed E-state index contributed by atoms with van der Waals surface area (Å²) < 4.78 is 15.0. The number of unbranched alkanes of at least 4 members (excludes halogenated alkanes) is 2. The smallest absolute Gasteiger partial charge is 0.245 e. The van der Waals surface area contributed by atoms with Gasteiger partial charge < -0.3 is 10.2 Å². The molecule has 1 heterocycles. The minimum Gasteiger partial charge on any atom is -0.333 e. The molecular weight excluding hydrogens is 419 g/mol. The summed E-state index contributed by atoms with van der Waals surface area (Å²) in [5.74, 6) is -0.190. The van der Waals surface area contributed by atoms with Gasteiger partial charge in [0.15, 0.2) is 0 Å². The number of benzene rings is 2. The minimum atomic E-state index is -0.350. The third-order valence-electron chi connectivity index (χ3n) is 5.29. The molecule has 2 amide bonds. The molecule has 0 fully saturated rings. The summed E-state index contributed by atoms with van der Waals surface area (Å²) in [5, 5.41) is 7.53. The van der Waals surface area contributed by atoms with Crippen molar-refractivity contribution >= 4 is 17.6 Å². The number of rotatable bonds is 11. The molecule has 2 aromatic carbocycles. The van der Waals surface area contributed by atoms with Gasteiger partial charge >= 0.3 is 0 Å². The van der Waals surface area contributed by atoms with Gasteiger partial charge in [0.1, 0.15) is 11.6 Å². The van der Waals surface area contributed by atoms with Gasteiger partial charge in [-0.25, -0.2) is 9.07 Å². The van der Waals surface area contributed by atoms with Crippen molar-refractivity contribution in [3.63, 3.8) is 0 Å². The van der Waals surface area contributed by atoms with Crippen LogP contribution in [0.2, 0.25) is 0 Å². The summed E-state index contributed by atoms with van der Waals surface area (Å²) in [5.41, 5.74) is 2.19. The highest BCUT2D eigenvalue weighted by atomic mass is 19.1. The monoisotopic (exact) mass is 450 g/mol. The van der Waals surface area contributed by atoms with E-state index < -0.39 is 0 Å². The van der Waals surface area contributed by atoms with Crippen LogP contribution in [0.1, 0.15) is 46.0 Å². The molecule has 0 spiro atoms. The number of nitrogens with one attached hydrogen (secondary N) is 1. The van der Waals surface area contributed by atoms with E-state index in [0.717, 1.165) is 31.2 Å². The highest BCUT2D eigenvalue weighted by Gasteiger charge is 2.19. The Bertz CT molecular complexity index is 1050. The summed E-state index contributed by atoms with van der Waals surface area (Å²) in [7, 11) is 0. The van der Waals surface area contributed by atoms with E-state index in [-0.39, 0.29) is 24.2 Å². The first kappa shape index (κ1) is 24.2. The molecule has 0 saturated carbocycles. The highest BCUT2D eigenvalue weighted by molar-refractivity contribution is 5.94. The maximum atomic E-state index is 13.4. The van der Waals surface area contributed by atoms with Crippen molar-refractivity contribution in [1.29, 1.82) is 0 Å². The van der Waals surface area contributed by atoms with Crippen molar-refractivity contribution in [2.75, 3.05) is 18.4 Å². The Labute approximate surface area is 194 Å². The van der Waals surface area contributed by atoms with Crippen molar-refractivity contribution in [2.24, 2.45) is 0 Å². The summed E-state index contributed by atoms with van der Waals surface area (Å²) in [6.45, 7) is 4.59. The minimum absolute atomic E-state index is 0.00235. The fraction of sp³-hybridized carbons (Fsp3) is 0.346. The Hall–Kier alpha value is -3.48. The number of halogens is 1. The third kappa shape index (κ3) is 6.75. The molecular formula is C26H31FN4O2. The van der Waals surface area contributed by atoms with Crippen LogP contribution in [0, 0.1) is 5.82 Å². The molecule has 0 radical (unpaired) electrons. The maximum Gasteiger partial charge on any atom is 0.245 e. The summed E-state index contributed by atoms with van der Waals surface area (Å²) in [4.78, 5) is 27.1. The second-order valence-corrected chi connectivity index (χ2v) is 7.99. The standard InChI is InChI=1S/C26H31FN4O2/c1-3-5-7-12-26(33)30(17-4-2)19-25(32)28-24-18-23(20-10-8-6-9-11-20)29-31(24)22-15-13-21(27)14-16-22/h6,8-11,13-16,18H,3-5,7,12,17,19H2,1-2H3,(H,28,32). The van der Waals surface area contributed by atoms with Gasteiger partial charge in [-0.05, 0) is 37.1 Å². The van der Waals surface area contributed by atoms with Gasteiger partial charge in [-0.1, -0.05) is 57.0 Å². The first-order valence-corrected chi connectivity index (χ1v) is 11.5. The van der Waals surface area contributed by atoms with E-state index in [1.54, 1.807) is 27.8 Å². The Kier molecular flexibility index (Phi) is 8.75. The van der Waals surface area contributed by atoms with Crippen LogP contribution in [-0.4, -0.2) is 39.6 Å². The lowest BCUT2D eigenvalue weighted by Gasteiger charge is -2.21. The van der Waals surface area contributed by atoms with Crippen molar-refractivity contribution in [3.05, 3.63) is 66.5 Å². The molecule has 0 aliphatic rings. The molecule has 1 N–H and O–H groups in total. The predicted molar refractivity (Wildman–Crippen MR) is 129 cm³/mol. The van der Waals surface area contributed by atoms with Gasteiger partial charge in [-0.2, -0.15) is 5.10 Å². The van der Waals surface area contributed by atoms with Crippen LogP contribution in [0.5, 0.6) is 0 Å². The van der Waals surface area contributed by atoms with E-state index in [4.69, 9.17) is 0 Å². The summed E-state index contributed by atoms with van der Waals surface area (Å²) >= 11 is 0. The quantitative estimate of drug-likeness (QED) is 0.396. The van der Waals surface area contributed by atoms with Crippen molar-refractivity contribution in [1.82, 2.24) is 14.7 Å². The van der Waals surface area contributed by atoms with Crippen LogP contribution in [0.3, 0.4) is 0 Å². The van der Waals surface area contributed by atoms with E-state index in [9.17, 15) is 14.0 Å². The molecule has 33 heavy (non-hydrogen) atoms. The van der Waals surface area contributed by atoms with Crippen LogP contribution in [0.4, 0.5) is 10.2 Å². The Morgan fingerprint density at radius 1 is 1.00 bits per heavy atom. The molecule has 0 saturated heterocycles. The Morgan fingerprint density at radius 3 is 2.39 bits per heavy atom. The molecule has 174 valence electrons. The number of hydrogen-bond donors (Lipinski definition) is 1. The molecule has 0 unspecified atom stereocenters. The van der Waals surface area contributed by atoms with Gasteiger partial charge in [0.2, 0.25) is 11.8 Å². The van der Waals surface area contributed by atoms with Crippen LogP contribution in [-0.2, 0) is 9.59 Å². The second-order valence-electron chi connectivity index (χ2n) is 7.99. The first-order valence-electron chi connectivity index (χ1n) is 11.5. The molecule has 0 aliphatic heterocycles. The number of carbonyl (C=O) groups excluding carboxylic acids is 2. The fourth-order valence-electron chi connectivity index (χ4n) is 3.60. The number of hydrogen-bond acceptors (Lipinski definition) is 3. The van der Waals surface area contributed by atoms with Crippen LogP contribution in [0.25, 0.3) is 16.9 Å². The molecule has 3 rings (SSSR count). The lowest BCUT2D eigenvalue weighted by Crippen LogP contribution is -2.38. The lowest BCUT2D eigenvalue weighted by atomic mass is 10.1. The molecule has 3 aromatic rings. The maximum absolute atomic E-state index is 13.4. The molecule has 6 nitrogen and oxygen atoms in total. The van der Waals surface area contributed by atoms with Gasteiger partial charge in [-0.3, -0.25) is 9.59 Å². The van der Waals surface area contributed by atoms with Gasteiger partial charge in [0, 0.05) is 24.6 Å². The highest BCUT2D eigenvalue weighted by Crippen LogP contribution is 2.25. The number of carbonyl (C=O) groups is 2. The number of nitrogens with zero attached hydrogens (tertiary/aromatic N) is 3. The van der Waals surface area contributed by atoms with E-state index in [1.165, 1.54) is 12.1 Å². The van der Waals surface area contributed by atoms with Crippen molar-refractivity contribution in [2.45, 2.75) is 46.0 Å². The predicted octanol–water partition coefficient (Wildman–Crippen LogP) is 5.44. The Morgan fingerprint density at radius 2 is 1.73 bits per heavy atom. The normalized spacial score (nSPS) is 10.8. The Balaban J connectivity index is 1.81. The summed E-state index contributed by atoms with van der Waals surface area (Å²) in [6.07, 6.45) is 4.09. The van der Waals surface area contributed by atoms with Crippen molar-refractivity contribution < 1.29 is 14.0 Å². The van der Waals surface area contributed by atoms with Crippen LogP contribution in [0.15, 0.2) is 60.7 Å². The lowest BCUT2D eigenvalue weighted by molar-refractivity contribution is -0.134. The van der Waals surface area contributed by atoms with Gasteiger partial charge in [0.05, 0.1) is 17.9 Å². The zero-order valence-corrected chi connectivity index (χ0v) is 19.3. The molecule has 0 atom stereocenters. The zero-order valence-electron chi connectivity index (χ0n) is 19.3. The second kappa shape index (κ2) is 11.9.